The first-order valence-corrected chi connectivity index (χ1v) is 7.92. The summed E-state index contributed by atoms with van der Waals surface area (Å²) in [6, 6.07) is 13.1. The molecule has 0 aliphatic carbocycles. The van der Waals surface area contributed by atoms with E-state index in [1.54, 1.807) is 13.8 Å². The number of hydrogen-bond acceptors (Lipinski definition) is 3. The molecule has 0 unspecified atom stereocenters. The monoisotopic (exact) mass is 344 g/mol. The van der Waals surface area contributed by atoms with Crippen LogP contribution in [-0.4, -0.2) is 11.6 Å². The Morgan fingerprint density at radius 1 is 1.16 bits per heavy atom. The van der Waals surface area contributed by atoms with Gasteiger partial charge in [0.25, 0.3) is 5.91 Å². The van der Waals surface area contributed by atoms with Gasteiger partial charge in [0.2, 0.25) is 0 Å². The van der Waals surface area contributed by atoms with Crippen molar-refractivity contribution in [2.24, 2.45) is 5.16 Å². The van der Waals surface area contributed by atoms with E-state index in [-0.39, 0.29) is 11.8 Å². The van der Waals surface area contributed by atoms with Gasteiger partial charge in [0.05, 0.1) is 5.54 Å². The fourth-order valence-electron chi connectivity index (χ4n) is 2.67. The molecule has 0 aromatic heterocycles. The maximum absolute atomic E-state index is 13.5. The van der Waals surface area contributed by atoms with Crippen molar-refractivity contribution in [3.8, 4) is 0 Å². The summed E-state index contributed by atoms with van der Waals surface area (Å²) < 4.78 is 26.6. The van der Waals surface area contributed by atoms with Gasteiger partial charge >= 0.3 is 0 Å². The van der Waals surface area contributed by atoms with E-state index in [1.807, 2.05) is 30.3 Å². The Hall–Kier alpha value is -2.76. The van der Waals surface area contributed by atoms with Gasteiger partial charge in [-0.1, -0.05) is 41.6 Å². The van der Waals surface area contributed by atoms with Gasteiger partial charge in [-0.25, -0.2) is 8.78 Å². The highest BCUT2D eigenvalue weighted by Crippen LogP contribution is 2.28. The van der Waals surface area contributed by atoms with E-state index in [0.717, 1.165) is 17.7 Å². The second-order valence-electron chi connectivity index (χ2n) is 6.45. The molecule has 3 rings (SSSR count). The van der Waals surface area contributed by atoms with Crippen LogP contribution in [0.5, 0.6) is 0 Å². The molecule has 1 aliphatic heterocycles. The van der Waals surface area contributed by atoms with E-state index < -0.39 is 23.1 Å². The van der Waals surface area contributed by atoms with Crippen LogP contribution in [0.25, 0.3) is 0 Å². The highest BCUT2D eigenvalue weighted by Gasteiger charge is 2.31. The van der Waals surface area contributed by atoms with Crippen LogP contribution in [0.4, 0.5) is 8.78 Å². The lowest BCUT2D eigenvalue weighted by atomic mass is 9.93. The van der Waals surface area contributed by atoms with Gasteiger partial charge in [-0.3, -0.25) is 4.79 Å². The average Bonchev–Trinajstić information content (AvgIpc) is 3.08. The van der Waals surface area contributed by atoms with Crippen molar-refractivity contribution in [3.63, 3.8) is 0 Å². The highest BCUT2D eigenvalue weighted by atomic mass is 19.2. The third-order valence-corrected chi connectivity index (χ3v) is 4.17. The summed E-state index contributed by atoms with van der Waals surface area (Å²) in [6.07, 6.45) is 0.0531. The second kappa shape index (κ2) is 6.63. The lowest BCUT2D eigenvalue weighted by Crippen LogP contribution is -2.44. The molecule has 1 heterocycles. The minimum atomic E-state index is -0.953. The number of halogens is 2. The molecule has 0 saturated carbocycles. The molecule has 0 spiro atoms. The molecule has 1 atom stereocenters. The quantitative estimate of drug-likeness (QED) is 0.916. The summed E-state index contributed by atoms with van der Waals surface area (Å²) in [5, 5.41) is 6.67. The molecule has 1 aliphatic rings. The summed E-state index contributed by atoms with van der Waals surface area (Å²) in [6.45, 7) is 3.42. The summed E-state index contributed by atoms with van der Waals surface area (Å²) in [5.74, 6) is -2.27. The van der Waals surface area contributed by atoms with Crippen molar-refractivity contribution in [2.45, 2.75) is 31.9 Å². The molecule has 4 nitrogen and oxygen atoms in total. The van der Waals surface area contributed by atoms with Crippen LogP contribution >= 0.6 is 0 Å². The molecule has 6 heteroatoms. The smallest absolute Gasteiger partial charge is 0.269 e. The zero-order chi connectivity index (χ0) is 18.0. The summed E-state index contributed by atoms with van der Waals surface area (Å²) in [5.41, 5.74) is 0.774. The van der Waals surface area contributed by atoms with Crippen LogP contribution in [0.3, 0.4) is 0 Å². The third kappa shape index (κ3) is 3.68. The van der Waals surface area contributed by atoms with E-state index in [2.05, 4.69) is 10.5 Å². The summed E-state index contributed by atoms with van der Waals surface area (Å²) in [7, 11) is 0. The van der Waals surface area contributed by atoms with Gasteiger partial charge < -0.3 is 10.2 Å². The van der Waals surface area contributed by atoms with Gasteiger partial charge in [0.15, 0.2) is 17.7 Å². The molecule has 130 valence electrons. The number of carbonyl (C=O) groups is 1. The van der Waals surface area contributed by atoms with Crippen molar-refractivity contribution in [1.82, 2.24) is 5.32 Å². The van der Waals surface area contributed by atoms with Crippen molar-refractivity contribution < 1.29 is 18.4 Å². The predicted molar refractivity (Wildman–Crippen MR) is 89.8 cm³/mol. The van der Waals surface area contributed by atoms with Crippen LogP contribution in [0.15, 0.2) is 53.7 Å². The topological polar surface area (TPSA) is 50.7 Å². The van der Waals surface area contributed by atoms with Crippen LogP contribution in [0.1, 0.15) is 37.5 Å². The van der Waals surface area contributed by atoms with Crippen molar-refractivity contribution in [2.75, 3.05) is 0 Å². The van der Waals surface area contributed by atoms with E-state index in [0.29, 0.717) is 12.0 Å². The average molecular weight is 344 g/mol. The summed E-state index contributed by atoms with van der Waals surface area (Å²) >= 11 is 0. The Morgan fingerprint density at radius 2 is 1.88 bits per heavy atom. The molecular formula is C19H18F2N2O2. The van der Waals surface area contributed by atoms with Gasteiger partial charge in [0.1, 0.15) is 5.71 Å². The molecular weight excluding hydrogens is 326 g/mol. The van der Waals surface area contributed by atoms with Crippen LogP contribution in [0, 0.1) is 11.6 Å². The number of rotatable bonds is 4. The SMILES string of the molecule is CC(C)(NC(=O)C1=NO[C@H](c2ccccc2)C1)c1ccc(F)c(F)c1. The van der Waals surface area contributed by atoms with Crippen LogP contribution in [-0.2, 0) is 15.2 Å². The number of nitrogens with one attached hydrogen (secondary N) is 1. The second-order valence-corrected chi connectivity index (χ2v) is 6.45. The molecule has 2 aromatic carbocycles. The fraction of sp³-hybridized carbons (Fsp3) is 0.263. The zero-order valence-corrected chi connectivity index (χ0v) is 13.9. The Labute approximate surface area is 144 Å². The number of benzene rings is 2. The van der Waals surface area contributed by atoms with E-state index in [1.165, 1.54) is 6.07 Å². The first kappa shape index (κ1) is 17.1. The number of hydrogen-bond donors (Lipinski definition) is 1. The molecule has 25 heavy (non-hydrogen) atoms. The number of amides is 1. The Balaban J connectivity index is 1.68. The lowest BCUT2D eigenvalue weighted by Gasteiger charge is -2.26. The highest BCUT2D eigenvalue weighted by molar-refractivity contribution is 6.39. The molecule has 0 bridgehead atoms. The van der Waals surface area contributed by atoms with Gasteiger partial charge in [0, 0.05) is 6.42 Å². The van der Waals surface area contributed by atoms with Gasteiger partial charge in [-0.05, 0) is 37.1 Å². The van der Waals surface area contributed by atoms with Gasteiger partial charge in [-0.2, -0.15) is 0 Å². The van der Waals surface area contributed by atoms with Crippen LogP contribution in [0.2, 0.25) is 0 Å². The zero-order valence-electron chi connectivity index (χ0n) is 13.9. The minimum Gasteiger partial charge on any atom is -0.387 e. The van der Waals surface area contributed by atoms with Crippen molar-refractivity contribution >= 4 is 11.6 Å². The van der Waals surface area contributed by atoms with E-state index >= 15 is 0 Å². The number of oxime groups is 1. The summed E-state index contributed by atoms with van der Waals surface area (Å²) in [4.78, 5) is 17.8. The minimum absolute atomic E-state index is 0.268. The first-order valence-electron chi connectivity index (χ1n) is 7.92. The lowest BCUT2D eigenvalue weighted by molar-refractivity contribution is -0.116. The van der Waals surface area contributed by atoms with Crippen molar-refractivity contribution in [1.29, 1.82) is 0 Å². The molecule has 2 aromatic rings. The van der Waals surface area contributed by atoms with Gasteiger partial charge in [-0.15, -0.1) is 0 Å². The number of nitrogens with zero attached hydrogens (tertiary/aromatic N) is 1. The van der Waals surface area contributed by atoms with Crippen molar-refractivity contribution in [3.05, 3.63) is 71.3 Å². The Bertz CT molecular complexity index is 819. The van der Waals surface area contributed by atoms with E-state index in [4.69, 9.17) is 4.84 Å². The standard InChI is InChI=1S/C19H18F2N2O2/c1-19(2,13-8-9-14(20)15(21)10-13)22-18(24)16-11-17(25-23-16)12-6-4-3-5-7-12/h3-10,17H,11H2,1-2H3,(H,22,24)/t17-/m0/s1. The molecule has 0 saturated heterocycles. The third-order valence-electron chi connectivity index (χ3n) is 4.17. The Kier molecular flexibility index (Phi) is 4.53. The maximum atomic E-state index is 13.5. The molecule has 0 radical (unpaired) electrons. The predicted octanol–water partition coefficient (Wildman–Crippen LogP) is 3.83. The molecule has 1 amide bonds. The normalized spacial score (nSPS) is 17.0. The maximum Gasteiger partial charge on any atom is 0.269 e. The number of carbonyl (C=O) groups excluding carboxylic acids is 1. The molecule has 1 N–H and O–H groups in total. The fourth-order valence-corrected chi connectivity index (χ4v) is 2.67. The largest absolute Gasteiger partial charge is 0.387 e. The van der Waals surface area contributed by atoms with Crippen LogP contribution < -0.4 is 5.32 Å². The molecule has 0 fully saturated rings. The first-order chi connectivity index (χ1) is 11.9. The van der Waals surface area contributed by atoms with E-state index in [9.17, 15) is 13.6 Å². The Morgan fingerprint density at radius 3 is 2.56 bits per heavy atom.